The van der Waals surface area contributed by atoms with Crippen LogP contribution in [0.3, 0.4) is 0 Å². The molecule has 0 spiro atoms. The van der Waals surface area contributed by atoms with E-state index in [4.69, 9.17) is 5.73 Å². The summed E-state index contributed by atoms with van der Waals surface area (Å²) in [5.41, 5.74) is 4.78. The quantitative estimate of drug-likeness (QED) is 0.240. The van der Waals surface area contributed by atoms with Gasteiger partial charge in [-0.15, -0.1) is 0 Å². The zero-order chi connectivity index (χ0) is 3.41. The summed E-state index contributed by atoms with van der Waals surface area (Å²) in [6.07, 6.45) is 2.92. The van der Waals surface area contributed by atoms with Crippen molar-refractivity contribution in [1.29, 1.82) is 0 Å². The van der Waals surface area contributed by atoms with Gasteiger partial charge in [-0.2, -0.15) is 6.20 Å². The maximum Gasteiger partial charge on any atom is 1.00 e. The Morgan fingerprint density at radius 3 is 1.80 bits per heavy atom. The van der Waals surface area contributed by atoms with Crippen LogP contribution < -0.4 is 24.6 Å². The summed E-state index contributed by atoms with van der Waals surface area (Å²) in [4.78, 5) is 0. The molecular weight excluding hydrogens is 57.0 g/mol. The topological polar surface area (TPSA) is 26.0 Å². The minimum absolute atomic E-state index is 0. The van der Waals surface area contributed by atoms with E-state index in [1.165, 1.54) is 12.3 Å². The van der Waals surface area contributed by atoms with E-state index in [1.807, 2.05) is 0 Å². The van der Waals surface area contributed by atoms with Crippen LogP contribution in [0.15, 0.2) is 12.3 Å². The van der Waals surface area contributed by atoms with Crippen molar-refractivity contribution in [2.45, 2.75) is 0 Å². The van der Waals surface area contributed by atoms with Crippen molar-refractivity contribution in [3.05, 3.63) is 19.2 Å². The van der Waals surface area contributed by atoms with Crippen LogP contribution in [0.5, 0.6) is 0 Å². The Kier molecular flexibility index (Phi) is 16.0. The van der Waals surface area contributed by atoms with Gasteiger partial charge in [0.15, 0.2) is 0 Å². The molecule has 0 aromatic rings. The van der Waals surface area contributed by atoms with E-state index in [2.05, 4.69) is 6.92 Å². The monoisotopic (exact) mass is 63.1 g/mol. The summed E-state index contributed by atoms with van der Waals surface area (Å²) in [6.45, 7) is 3.30. The second-order valence-corrected chi connectivity index (χ2v) is 0.428. The van der Waals surface area contributed by atoms with Gasteiger partial charge in [0.05, 0.1) is 0 Å². The van der Waals surface area contributed by atoms with Crippen molar-refractivity contribution in [1.82, 2.24) is 0 Å². The molecule has 2 N–H and O–H groups in total. The predicted octanol–water partition coefficient (Wildman–Crippen LogP) is -2.70. The van der Waals surface area contributed by atoms with Crippen LogP contribution in [-0.2, 0) is 0 Å². The number of nitrogens with two attached hydrogens (primary N) is 1. The molecule has 0 amide bonds. The van der Waals surface area contributed by atoms with Crippen molar-refractivity contribution >= 4 is 0 Å². The minimum Gasteiger partial charge on any atom is -0.481 e. The molecule has 0 aliphatic heterocycles. The van der Waals surface area contributed by atoms with E-state index in [1.54, 1.807) is 0 Å². The van der Waals surface area contributed by atoms with E-state index in [-0.39, 0.29) is 18.9 Å². The van der Waals surface area contributed by atoms with Gasteiger partial charge in [0.25, 0.3) is 0 Å². The molecule has 0 saturated heterocycles. The van der Waals surface area contributed by atoms with Gasteiger partial charge in [0.1, 0.15) is 0 Å². The maximum absolute atomic E-state index is 4.78. The Balaban J connectivity index is 0. The maximum atomic E-state index is 4.78. The van der Waals surface area contributed by atoms with Crippen LogP contribution in [0.25, 0.3) is 0 Å². The van der Waals surface area contributed by atoms with Crippen LogP contribution >= 0.6 is 0 Å². The normalized spacial score (nSPS) is 7.20. The number of allylic oxidation sites excluding steroid dienone is 1. The van der Waals surface area contributed by atoms with Crippen molar-refractivity contribution in [3.8, 4) is 0 Å². The summed E-state index contributed by atoms with van der Waals surface area (Å²) in [7, 11) is 0. The Morgan fingerprint density at radius 1 is 1.60 bits per heavy atom. The zero-order valence-electron chi connectivity index (χ0n) is 3.44. The molecule has 1 nitrogen and oxygen atoms in total. The van der Waals surface area contributed by atoms with Crippen molar-refractivity contribution < 1.29 is 18.9 Å². The Morgan fingerprint density at radius 2 is 1.80 bits per heavy atom. The van der Waals surface area contributed by atoms with Crippen LogP contribution in [0, 0.1) is 6.92 Å². The molecule has 0 bridgehead atoms. The third-order valence-corrected chi connectivity index (χ3v) is 0.136. The largest absolute Gasteiger partial charge is 1.00 e. The first-order chi connectivity index (χ1) is 1.91. The van der Waals surface area contributed by atoms with Gasteiger partial charge in [0.2, 0.25) is 0 Å². The average molecular weight is 63.0 g/mol. The number of hydrogen-bond donors (Lipinski definition) is 1. The first-order valence-corrected chi connectivity index (χ1v) is 1.07. The van der Waals surface area contributed by atoms with Crippen molar-refractivity contribution in [2.24, 2.45) is 5.73 Å². The first kappa shape index (κ1) is 8.89. The third-order valence-electron chi connectivity index (χ3n) is 0.136. The first-order valence-electron chi connectivity index (χ1n) is 1.07. The summed E-state index contributed by atoms with van der Waals surface area (Å²) in [5.74, 6) is 0. The molecule has 0 heterocycles. The summed E-state index contributed by atoms with van der Waals surface area (Å²) < 4.78 is 0. The van der Waals surface area contributed by atoms with Crippen LogP contribution in [0.2, 0.25) is 0 Å². The molecule has 0 saturated carbocycles. The Labute approximate surface area is 44.4 Å². The van der Waals surface area contributed by atoms with Crippen LogP contribution in [0.4, 0.5) is 0 Å². The average Bonchev–Trinajstić information content (AvgIpc) is 1.37. The molecule has 0 rings (SSSR count). The van der Waals surface area contributed by atoms with Crippen molar-refractivity contribution in [2.75, 3.05) is 0 Å². The molecule has 0 aromatic heterocycles. The molecule has 0 radical (unpaired) electrons. The molecule has 0 fully saturated rings. The SMILES string of the molecule is [CH2-]C=CN.[Li+]. The molecule has 0 aromatic carbocycles. The molecule has 0 atom stereocenters. The van der Waals surface area contributed by atoms with Gasteiger partial charge >= 0.3 is 18.9 Å². The van der Waals surface area contributed by atoms with Gasteiger partial charge in [-0.25, -0.2) is 13.0 Å². The molecule has 5 heavy (non-hydrogen) atoms. The van der Waals surface area contributed by atoms with Gasteiger partial charge in [0, 0.05) is 0 Å². The smallest absolute Gasteiger partial charge is 0.481 e. The van der Waals surface area contributed by atoms with E-state index in [0.29, 0.717) is 0 Å². The molecule has 2 heteroatoms. The fourth-order valence-electron chi connectivity index (χ4n) is 0. The van der Waals surface area contributed by atoms with Crippen molar-refractivity contribution in [3.63, 3.8) is 0 Å². The third kappa shape index (κ3) is 15.9. The molecule has 0 aliphatic carbocycles. The van der Waals surface area contributed by atoms with E-state index < -0.39 is 0 Å². The molecule has 0 unspecified atom stereocenters. The Hall–Kier alpha value is 0.00740. The standard InChI is InChI=1S/C3H6N.Li/c1-2-3-4;/h2-3H,1,4H2;/q-1;+1. The molecule has 24 valence electrons. The summed E-state index contributed by atoms with van der Waals surface area (Å²) >= 11 is 0. The minimum atomic E-state index is 0. The van der Waals surface area contributed by atoms with Gasteiger partial charge in [-0.1, -0.05) is 0 Å². The number of rotatable bonds is 0. The van der Waals surface area contributed by atoms with Crippen LogP contribution in [-0.4, -0.2) is 0 Å². The fraction of sp³-hybridized carbons (Fsp3) is 0. The van der Waals surface area contributed by atoms with E-state index in [0.717, 1.165) is 0 Å². The molecule has 0 aliphatic rings. The second-order valence-electron chi connectivity index (χ2n) is 0.428. The fourth-order valence-corrected chi connectivity index (χ4v) is 0. The van der Waals surface area contributed by atoms with Gasteiger partial charge in [-0.3, -0.25) is 0 Å². The van der Waals surface area contributed by atoms with Gasteiger partial charge < -0.3 is 5.73 Å². The Bertz CT molecular complexity index is 22.1. The zero-order valence-corrected chi connectivity index (χ0v) is 3.44. The van der Waals surface area contributed by atoms with Gasteiger partial charge in [-0.05, 0) is 0 Å². The van der Waals surface area contributed by atoms with Crippen LogP contribution in [0.1, 0.15) is 0 Å². The number of hydrogen-bond acceptors (Lipinski definition) is 1. The second kappa shape index (κ2) is 8.99. The molecular formula is C3H6LiN. The van der Waals surface area contributed by atoms with E-state index in [9.17, 15) is 0 Å². The predicted molar refractivity (Wildman–Crippen MR) is 18.7 cm³/mol. The van der Waals surface area contributed by atoms with E-state index >= 15 is 0 Å². The summed E-state index contributed by atoms with van der Waals surface area (Å²) in [5, 5.41) is 0. The summed E-state index contributed by atoms with van der Waals surface area (Å²) in [6, 6.07) is 0.